The van der Waals surface area contributed by atoms with Gasteiger partial charge in [0.15, 0.2) is 0 Å². The lowest BCUT2D eigenvalue weighted by molar-refractivity contribution is -0.140. The third-order valence-corrected chi connectivity index (χ3v) is 8.89. The molecular weight excluding hydrogens is 360 g/mol. The van der Waals surface area contributed by atoms with Crippen LogP contribution in [0.25, 0.3) is 0 Å². The molecule has 0 aromatic heterocycles. The molecule has 0 bridgehead atoms. The Morgan fingerprint density at radius 3 is 1.96 bits per heavy atom. The van der Waals surface area contributed by atoms with Gasteiger partial charge >= 0.3 is 0 Å². The zero-order chi connectivity index (χ0) is 19.4. The third-order valence-electron chi connectivity index (χ3n) is 6.93. The average molecular weight is 399 g/mol. The van der Waals surface area contributed by atoms with Crippen LogP contribution in [0.1, 0.15) is 84.5 Å². The highest BCUT2D eigenvalue weighted by atomic mass is 32.2. The van der Waals surface area contributed by atoms with Crippen LogP contribution < -0.4 is 0 Å². The van der Waals surface area contributed by atoms with Gasteiger partial charge in [-0.3, -0.25) is 4.79 Å². The van der Waals surface area contributed by atoms with E-state index in [4.69, 9.17) is 0 Å². The van der Waals surface area contributed by atoms with Crippen molar-refractivity contribution in [3.05, 3.63) is 0 Å². The Morgan fingerprint density at radius 1 is 0.926 bits per heavy atom. The highest BCUT2D eigenvalue weighted by Crippen LogP contribution is 2.38. The summed E-state index contributed by atoms with van der Waals surface area (Å²) in [5.41, 5.74) is 0. The fourth-order valence-electron chi connectivity index (χ4n) is 4.89. The zero-order valence-electron chi connectivity index (χ0n) is 17.2. The molecule has 0 spiro atoms. The first-order chi connectivity index (χ1) is 13.0. The van der Waals surface area contributed by atoms with Crippen molar-refractivity contribution < 1.29 is 13.2 Å². The van der Waals surface area contributed by atoms with Crippen molar-refractivity contribution in [3.8, 4) is 0 Å². The largest absolute Gasteiger partial charge is 0.336 e. The molecule has 3 aliphatic rings. The van der Waals surface area contributed by atoms with Crippen LogP contribution >= 0.6 is 0 Å². The van der Waals surface area contributed by atoms with Crippen LogP contribution in [0.15, 0.2) is 0 Å². The molecule has 0 aromatic rings. The Bertz CT molecular complexity index is 587. The minimum Gasteiger partial charge on any atom is -0.336 e. The molecule has 0 unspecified atom stereocenters. The summed E-state index contributed by atoms with van der Waals surface area (Å²) in [6, 6.07) is 0.895. The second kappa shape index (κ2) is 9.25. The van der Waals surface area contributed by atoms with E-state index < -0.39 is 10.0 Å². The highest BCUT2D eigenvalue weighted by molar-refractivity contribution is 7.89. The third kappa shape index (κ3) is 5.26. The van der Waals surface area contributed by atoms with E-state index in [0.29, 0.717) is 43.9 Å². The molecule has 6 heteroatoms. The van der Waals surface area contributed by atoms with Gasteiger partial charge in [0.2, 0.25) is 15.9 Å². The predicted molar refractivity (Wildman–Crippen MR) is 109 cm³/mol. The molecule has 2 saturated carbocycles. The van der Waals surface area contributed by atoms with Gasteiger partial charge in [-0.1, -0.05) is 26.7 Å². The number of rotatable bonds is 8. The number of amides is 1. The van der Waals surface area contributed by atoms with Gasteiger partial charge in [0.25, 0.3) is 0 Å². The van der Waals surface area contributed by atoms with Crippen molar-refractivity contribution in [1.82, 2.24) is 9.21 Å². The number of nitrogens with zero attached hydrogens (tertiary/aromatic N) is 2. The van der Waals surface area contributed by atoms with E-state index in [2.05, 4.69) is 11.8 Å². The zero-order valence-corrected chi connectivity index (χ0v) is 18.1. The van der Waals surface area contributed by atoms with E-state index in [1.54, 1.807) is 4.31 Å². The van der Waals surface area contributed by atoms with Crippen molar-refractivity contribution in [2.24, 2.45) is 11.8 Å². The van der Waals surface area contributed by atoms with Crippen molar-refractivity contribution >= 4 is 15.9 Å². The summed E-state index contributed by atoms with van der Waals surface area (Å²) in [6.45, 7) is 5.32. The molecule has 0 atom stereocenters. The van der Waals surface area contributed by atoms with Gasteiger partial charge < -0.3 is 4.90 Å². The first-order valence-electron chi connectivity index (χ1n) is 11.3. The van der Waals surface area contributed by atoms with Crippen molar-refractivity contribution in [2.75, 3.05) is 18.8 Å². The molecule has 3 fully saturated rings. The van der Waals surface area contributed by atoms with Gasteiger partial charge in [-0.25, -0.2) is 12.7 Å². The minimum atomic E-state index is -3.14. The summed E-state index contributed by atoms with van der Waals surface area (Å²) in [5, 5.41) is 0. The molecular formula is C21H38N2O3S. The maximum absolute atomic E-state index is 13.3. The fraction of sp³-hybridized carbons (Fsp3) is 0.952. The maximum Gasteiger partial charge on any atom is 0.226 e. The highest BCUT2D eigenvalue weighted by Gasteiger charge is 2.42. The predicted octanol–water partition coefficient (Wildman–Crippen LogP) is 3.79. The van der Waals surface area contributed by atoms with Crippen molar-refractivity contribution in [2.45, 2.75) is 96.6 Å². The smallest absolute Gasteiger partial charge is 0.226 e. The molecule has 1 saturated heterocycles. The number of carbonyl (C=O) groups excluding carboxylic acids is 1. The van der Waals surface area contributed by atoms with Gasteiger partial charge in [0.05, 0.1) is 5.75 Å². The lowest BCUT2D eigenvalue weighted by atomic mass is 9.83. The first-order valence-corrected chi connectivity index (χ1v) is 12.9. The summed E-state index contributed by atoms with van der Waals surface area (Å²) < 4.78 is 26.4. The quantitative estimate of drug-likeness (QED) is 0.625. The average Bonchev–Trinajstić information content (AvgIpc) is 3.52. The van der Waals surface area contributed by atoms with Gasteiger partial charge in [-0.15, -0.1) is 0 Å². The standard InChI is InChI=1S/C21H38N2O3S/c1-3-5-16-27(25,26)22-14-12-18(13-15-22)21(24)23(20-10-11-20)19-8-6-17(4-2)7-9-19/h17-20H,3-16H2,1-2H3. The Balaban J connectivity index is 1.55. The minimum absolute atomic E-state index is 0.0205. The van der Waals surface area contributed by atoms with Crippen LogP contribution in [0, 0.1) is 11.8 Å². The van der Waals surface area contributed by atoms with E-state index in [-0.39, 0.29) is 11.7 Å². The van der Waals surface area contributed by atoms with E-state index in [9.17, 15) is 13.2 Å². The van der Waals surface area contributed by atoms with E-state index in [1.165, 1.54) is 19.3 Å². The lowest BCUT2D eigenvalue weighted by Gasteiger charge is -2.40. The molecule has 0 radical (unpaired) electrons. The number of unbranched alkanes of at least 4 members (excludes halogenated alkanes) is 1. The molecule has 1 amide bonds. The summed E-state index contributed by atoms with van der Waals surface area (Å²) in [6.07, 6.45) is 11.4. The van der Waals surface area contributed by atoms with E-state index in [1.807, 2.05) is 6.92 Å². The van der Waals surface area contributed by atoms with E-state index in [0.717, 1.165) is 44.4 Å². The summed E-state index contributed by atoms with van der Waals surface area (Å²) in [5.74, 6) is 1.43. The van der Waals surface area contributed by atoms with Crippen LogP contribution in [0.3, 0.4) is 0 Å². The number of piperidine rings is 1. The lowest BCUT2D eigenvalue weighted by Crippen LogP contribution is -2.49. The Hall–Kier alpha value is -0.620. The van der Waals surface area contributed by atoms with Gasteiger partial charge in [-0.05, 0) is 63.7 Å². The Kier molecular flexibility index (Phi) is 7.23. The van der Waals surface area contributed by atoms with Crippen LogP contribution in [0.5, 0.6) is 0 Å². The molecule has 156 valence electrons. The number of sulfonamides is 1. The Labute approximate surface area is 165 Å². The summed E-state index contributed by atoms with van der Waals surface area (Å²) in [7, 11) is -3.14. The molecule has 3 rings (SSSR count). The molecule has 0 aromatic carbocycles. The molecule has 1 heterocycles. The van der Waals surface area contributed by atoms with E-state index >= 15 is 0 Å². The van der Waals surface area contributed by atoms with Crippen LogP contribution in [0.4, 0.5) is 0 Å². The van der Waals surface area contributed by atoms with Gasteiger partial charge in [-0.2, -0.15) is 0 Å². The summed E-state index contributed by atoms with van der Waals surface area (Å²) in [4.78, 5) is 15.6. The van der Waals surface area contributed by atoms with Crippen LogP contribution in [0.2, 0.25) is 0 Å². The number of hydrogen-bond donors (Lipinski definition) is 0. The molecule has 5 nitrogen and oxygen atoms in total. The van der Waals surface area contributed by atoms with Crippen LogP contribution in [-0.4, -0.2) is 54.5 Å². The topological polar surface area (TPSA) is 57.7 Å². The van der Waals surface area contributed by atoms with Crippen LogP contribution in [-0.2, 0) is 14.8 Å². The second-order valence-corrected chi connectivity index (χ2v) is 11.0. The molecule has 2 aliphatic carbocycles. The van der Waals surface area contributed by atoms with Crippen molar-refractivity contribution in [3.63, 3.8) is 0 Å². The normalized spacial score (nSPS) is 28.2. The van der Waals surface area contributed by atoms with Gasteiger partial charge in [0.1, 0.15) is 0 Å². The SMILES string of the molecule is CCCCS(=O)(=O)N1CCC(C(=O)N(C2CCC(CC)CC2)C2CC2)CC1. The maximum atomic E-state index is 13.3. The molecule has 27 heavy (non-hydrogen) atoms. The number of hydrogen-bond acceptors (Lipinski definition) is 3. The van der Waals surface area contributed by atoms with Crippen molar-refractivity contribution in [1.29, 1.82) is 0 Å². The monoisotopic (exact) mass is 398 g/mol. The molecule has 0 N–H and O–H groups in total. The number of carbonyl (C=O) groups is 1. The fourth-order valence-corrected chi connectivity index (χ4v) is 6.57. The molecule has 1 aliphatic heterocycles. The van der Waals surface area contributed by atoms with Gasteiger partial charge in [0, 0.05) is 31.1 Å². The summed E-state index contributed by atoms with van der Waals surface area (Å²) >= 11 is 0. The second-order valence-electron chi connectivity index (χ2n) is 8.90. The Morgan fingerprint density at radius 2 is 1.48 bits per heavy atom. The first kappa shape index (κ1) is 21.1.